The number of nitrogens with one attached hydrogen (secondary N) is 2. The smallest absolute Gasteiger partial charge is 0.419 e. The van der Waals surface area contributed by atoms with Crippen molar-refractivity contribution in [3.05, 3.63) is 70.1 Å². The Morgan fingerprint density at radius 1 is 1.13 bits per heavy atom. The molecule has 3 aromatic rings. The number of halogens is 3. The molecule has 8 heteroatoms. The van der Waals surface area contributed by atoms with Gasteiger partial charge in [0.05, 0.1) is 6.04 Å². The third-order valence-corrected chi connectivity index (χ3v) is 5.87. The number of alkyl halides is 3. The molecule has 4 N–H and O–H groups in total. The number of aromatic amines is 1. The number of phenols is 1. The van der Waals surface area contributed by atoms with Crippen LogP contribution in [0.5, 0.6) is 5.75 Å². The Kier molecular flexibility index (Phi) is 4.39. The molecular weight excluding hydrogens is 397 g/mol. The maximum absolute atomic E-state index is 14.2. The van der Waals surface area contributed by atoms with E-state index >= 15 is 0 Å². The van der Waals surface area contributed by atoms with Gasteiger partial charge in [0, 0.05) is 22.7 Å². The van der Waals surface area contributed by atoms with Gasteiger partial charge in [0.25, 0.3) is 5.56 Å². The van der Waals surface area contributed by atoms with Gasteiger partial charge in [0.1, 0.15) is 5.75 Å². The lowest BCUT2D eigenvalue weighted by atomic mass is 9.63. The number of H-pyrrole nitrogens is 1. The number of rotatable bonds is 2. The van der Waals surface area contributed by atoms with E-state index in [2.05, 4.69) is 10.3 Å². The largest absolute Gasteiger partial charge is 0.508 e. The summed E-state index contributed by atoms with van der Waals surface area (Å²) in [6.45, 7) is 3.21. The first-order valence-corrected chi connectivity index (χ1v) is 9.43. The zero-order valence-electron chi connectivity index (χ0n) is 16.3. The van der Waals surface area contributed by atoms with Gasteiger partial charge in [-0.25, -0.2) is 0 Å². The highest BCUT2D eigenvalue weighted by atomic mass is 19.4. The van der Waals surface area contributed by atoms with Crippen molar-refractivity contribution in [2.45, 2.75) is 43.5 Å². The molecule has 30 heavy (non-hydrogen) atoms. The summed E-state index contributed by atoms with van der Waals surface area (Å²) in [5.74, 6) is -0.0604. The molecule has 0 aliphatic heterocycles. The first kappa shape index (κ1) is 20.3. The van der Waals surface area contributed by atoms with Gasteiger partial charge in [-0.3, -0.25) is 4.79 Å². The molecule has 158 valence electrons. The molecular formula is C22H21F3N2O3. The topological polar surface area (TPSA) is 85.4 Å². The van der Waals surface area contributed by atoms with Gasteiger partial charge < -0.3 is 20.5 Å². The number of hydrogen-bond donors (Lipinski definition) is 4. The van der Waals surface area contributed by atoms with Crippen LogP contribution in [0.4, 0.5) is 18.9 Å². The Labute approximate surface area is 170 Å². The number of hydrogen-bond acceptors (Lipinski definition) is 4. The molecule has 0 amide bonds. The second kappa shape index (κ2) is 6.50. The molecule has 1 aromatic heterocycles. The van der Waals surface area contributed by atoms with Crippen LogP contribution in [0.25, 0.3) is 10.8 Å². The molecule has 1 aliphatic rings. The fourth-order valence-corrected chi connectivity index (χ4v) is 4.47. The average molecular weight is 418 g/mol. The van der Waals surface area contributed by atoms with E-state index in [4.69, 9.17) is 0 Å². The van der Waals surface area contributed by atoms with Gasteiger partial charge >= 0.3 is 6.18 Å². The number of aromatic nitrogens is 1. The van der Waals surface area contributed by atoms with Crippen LogP contribution in [-0.2, 0) is 5.41 Å². The van der Waals surface area contributed by atoms with Gasteiger partial charge in [-0.2, -0.15) is 13.2 Å². The highest BCUT2D eigenvalue weighted by Crippen LogP contribution is 2.55. The number of phenolic OH excluding ortho intramolecular Hbond substituents is 1. The molecule has 5 nitrogen and oxygen atoms in total. The van der Waals surface area contributed by atoms with Crippen molar-refractivity contribution in [3.63, 3.8) is 0 Å². The molecule has 0 saturated heterocycles. The number of aliphatic hydroxyl groups is 1. The third kappa shape index (κ3) is 3.02. The number of aromatic hydroxyl groups is 1. The van der Waals surface area contributed by atoms with Crippen molar-refractivity contribution in [3.8, 4) is 5.75 Å². The van der Waals surface area contributed by atoms with E-state index < -0.39 is 29.7 Å². The maximum Gasteiger partial charge on any atom is 0.419 e. The monoisotopic (exact) mass is 418 g/mol. The summed E-state index contributed by atoms with van der Waals surface area (Å²) >= 11 is 0. The number of fused-ring (bicyclic) bond motifs is 2. The minimum atomic E-state index is -4.92. The van der Waals surface area contributed by atoms with E-state index in [1.54, 1.807) is 38.1 Å². The van der Waals surface area contributed by atoms with Crippen molar-refractivity contribution >= 4 is 16.5 Å². The van der Waals surface area contributed by atoms with Crippen molar-refractivity contribution < 1.29 is 23.4 Å². The standard InChI is InChI=1S/C22H21F3N2O3/c1-20(2)11-21(30,22(23,24)25)18(15-7-6-12(28)10-16(15)20)27-17-5-3-4-14-13(17)8-9-26-19(14)29/h3-10,18,27-28,30H,11H2,1-2H3,(H,26,29). The van der Waals surface area contributed by atoms with E-state index in [1.165, 1.54) is 24.4 Å². The zero-order chi connectivity index (χ0) is 21.9. The molecule has 4 rings (SSSR count). The SMILES string of the molecule is CC1(C)CC(O)(C(F)(F)F)C(Nc2cccc3c(=O)[nH]ccc23)c2ccc(O)cc21. The predicted molar refractivity (Wildman–Crippen MR) is 108 cm³/mol. The van der Waals surface area contributed by atoms with E-state index in [-0.39, 0.29) is 16.9 Å². The summed E-state index contributed by atoms with van der Waals surface area (Å²) in [4.78, 5) is 14.6. The van der Waals surface area contributed by atoms with Crippen LogP contribution in [0, 0.1) is 0 Å². The molecule has 1 aliphatic carbocycles. The highest BCUT2D eigenvalue weighted by molar-refractivity contribution is 5.93. The van der Waals surface area contributed by atoms with Gasteiger partial charge in [0.15, 0.2) is 5.60 Å². The fraction of sp³-hybridized carbons (Fsp3) is 0.318. The lowest BCUT2D eigenvalue weighted by molar-refractivity contribution is -0.275. The average Bonchev–Trinajstić information content (AvgIpc) is 2.65. The van der Waals surface area contributed by atoms with Crippen molar-refractivity contribution in [1.82, 2.24) is 4.98 Å². The molecule has 0 bridgehead atoms. The van der Waals surface area contributed by atoms with E-state index in [9.17, 15) is 28.2 Å². The van der Waals surface area contributed by atoms with Crippen molar-refractivity contribution in [1.29, 1.82) is 0 Å². The van der Waals surface area contributed by atoms with Gasteiger partial charge in [-0.15, -0.1) is 0 Å². The summed E-state index contributed by atoms with van der Waals surface area (Å²) < 4.78 is 42.5. The Morgan fingerprint density at radius 3 is 2.57 bits per heavy atom. The van der Waals surface area contributed by atoms with E-state index in [0.717, 1.165) is 0 Å². The van der Waals surface area contributed by atoms with Gasteiger partial charge in [-0.1, -0.05) is 26.0 Å². The second-order valence-electron chi connectivity index (χ2n) is 8.41. The summed E-state index contributed by atoms with van der Waals surface area (Å²) in [5.41, 5.74) is -3.41. The lowest BCUT2D eigenvalue weighted by Gasteiger charge is -2.49. The Balaban J connectivity index is 1.94. The lowest BCUT2D eigenvalue weighted by Crippen LogP contribution is -2.58. The zero-order valence-corrected chi connectivity index (χ0v) is 16.3. The Bertz CT molecular complexity index is 1190. The summed E-state index contributed by atoms with van der Waals surface area (Å²) in [6, 6.07) is 8.91. The van der Waals surface area contributed by atoms with Crippen LogP contribution in [0.2, 0.25) is 0 Å². The normalized spacial score (nSPS) is 23.2. The molecule has 0 saturated carbocycles. The minimum absolute atomic E-state index is 0.0604. The van der Waals surface area contributed by atoms with Crippen LogP contribution >= 0.6 is 0 Å². The van der Waals surface area contributed by atoms with Gasteiger partial charge in [-0.05, 0) is 53.3 Å². The summed E-state index contributed by atoms with van der Waals surface area (Å²) in [5, 5.41) is 24.5. The molecule has 0 radical (unpaired) electrons. The second-order valence-corrected chi connectivity index (χ2v) is 8.41. The van der Waals surface area contributed by atoms with Gasteiger partial charge in [0.2, 0.25) is 0 Å². The van der Waals surface area contributed by atoms with Crippen LogP contribution in [-0.4, -0.2) is 27.0 Å². The first-order valence-electron chi connectivity index (χ1n) is 9.43. The molecule has 2 unspecified atom stereocenters. The molecule has 1 heterocycles. The fourth-order valence-electron chi connectivity index (χ4n) is 4.47. The number of pyridine rings is 1. The number of anilines is 1. The van der Waals surface area contributed by atoms with E-state index in [0.29, 0.717) is 22.0 Å². The Morgan fingerprint density at radius 2 is 1.87 bits per heavy atom. The highest BCUT2D eigenvalue weighted by Gasteiger charge is 2.63. The molecule has 0 spiro atoms. The van der Waals surface area contributed by atoms with Crippen LogP contribution < -0.4 is 10.9 Å². The molecule has 2 aromatic carbocycles. The Hall–Kier alpha value is -3.00. The van der Waals surface area contributed by atoms with Crippen molar-refractivity contribution in [2.24, 2.45) is 0 Å². The molecule has 2 atom stereocenters. The third-order valence-electron chi connectivity index (χ3n) is 5.87. The quantitative estimate of drug-likeness (QED) is 0.498. The summed E-state index contributed by atoms with van der Waals surface area (Å²) in [7, 11) is 0. The van der Waals surface area contributed by atoms with E-state index in [1.807, 2.05) is 0 Å². The predicted octanol–water partition coefficient (Wildman–Crippen LogP) is 4.36. The first-order chi connectivity index (χ1) is 13.9. The van der Waals surface area contributed by atoms with Crippen LogP contribution in [0.15, 0.2) is 53.5 Å². The van der Waals surface area contributed by atoms with Crippen LogP contribution in [0.1, 0.15) is 37.4 Å². The summed E-state index contributed by atoms with van der Waals surface area (Å²) in [6.07, 6.45) is -4.09. The molecule has 0 fully saturated rings. The number of benzene rings is 2. The maximum atomic E-state index is 14.2. The van der Waals surface area contributed by atoms with Crippen molar-refractivity contribution in [2.75, 3.05) is 5.32 Å². The minimum Gasteiger partial charge on any atom is -0.508 e. The van der Waals surface area contributed by atoms with Crippen LogP contribution in [0.3, 0.4) is 0 Å².